The molecule has 0 aromatic heterocycles. The van der Waals surface area contributed by atoms with E-state index in [9.17, 15) is 13.6 Å². The van der Waals surface area contributed by atoms with E-state index in [1.807, 2.05) is 0 Å². The highest BCUT2D eigenvalue weighted by Crippen LogP contribution is 2.32. The molecule has 0 saturated heterocycles. The average Bonchev–Trinajstić information content (AvgIpc) is 2.42. The number of carbonyl (C=O) groups is 1. The van der Waals surface area contributed by atoms with E-state index in [1.54, 1.807) is 6.92 Å². The lowest BCUT2D eigenvalue weighted by Crippen LogP contribution is -2.06. The van der Waals surface area contributed by atoms with Crippen molar-refractivity contribution in [2.45, 2.75) is 6.92 Å². The molecule has 2 aromatic carbocycles. The van der Waals surface area contributed by atoms with Gasteiger partial charge in [-0.05, 0) is 37.3 Å². The number of rotatable bonds is 4. The second kappa shape index (κ2) is 6.54. The van der Waals surface area contributed by atoms with Gasteiger partial charge in [0.2, 0.25) is 0 Å². The minimum atomic E-state index is -0.647. The molecule has 0 N–H and O–H groups in total. The van der Waals surface area contributed by atoms with E-state index in [-0.39, 0.29) is 28.7 Å². The van der Waals surface area contributed by atoms with E-state index in [0.717, 1.165) is 24.3 Å². The molecule has 0 aliphatic heterocycles. The molecule has 0 aliphatic rings. The van der Waals surface area contributed by atoms with Crippen molar-refractivity contribution in [3.63, 3.8) is 0 Å². The highest BCUT2D eigenvalue weighted by molar-refractivity contribution is 6.32. The van der Waals surface area contributed by atoms with E-state index in [4.69, 9.17) is 21.1 Å². The molecule has 21 heavy (non-hydrogen) atoms. The van der Waals surface area contributed by atoms with E-state index < -0.39 is 17.6 Å². The Balaban J connectivity index is 2.38. The zero-order chi connectivity index (χ0) is 15.4. The maximum Gasteiger partial charge on any atom is 0.341 e. The highest BCUT2D eigenvalue weighted by Gasteiger charge is 2.16. The fourth-order valence-electron chi connectivity index (χ4n) is 1.63. The van der Waals surface area contributed by atoms with E-state index in [0.29, 0.717) is 0 Å². The zero-order valence-electron chi connectivity index (χ0n) is 11.0. The van der Waals surface area contributed by atoms with Gasteiger partial charge in [-0.2, -0.15) is 0 Å². The molecule has 0 amide bonds. The van der Waals surface area contributed by atoms with Gasteiger partial charge in [-0.15, -0.1) is 0 Å². The molecular formula is C15H11ClF2O3. The predicted octanol–water partition coefficient (Wildman–Crippen LogP) is 4.59. The Morgan fingerprint density at radius 1 is 1.10 bits per heavy atom. The van der Waals surface area contributed by atoms with Crippen molar-refractivity contribution in [2.75, 3.05) is 6.61 Å². The van der Waals surface area contributed by atoms with E-state index in [2.05, 4.69) is 0 Å². The Hall–Kier alpha value is -2.14. The van der Waals surface area contributed by atoms with Crippen molar-refractivity contribution in [1.29, 1.82) is 0 Å². The van der Waals surface area contributed by atoms with Gasteiger partial charge < -0.3 is 9.47 Å². The van der Waals surface area contributed by atoms with Crippen LogP contribution in [0.15, 0.2) is 36.4 Å². The third kappa shape index (κ3) is 3.70. The van der Waals surface area contributed by atoms with Gasteiger partial charge in [0.05, 0.1) is 11.6 Å². The Kier molecular flexibility index (Phi) is 4.75. The van der Waals surface area contributed by atoms with Gasteiger partial charge >= 0.3 is 5.97 Å². The lowest BCUT2D eigenvalue weighted by molar-refractivity contribution is 0.0523. The Bertz CT molecular complexity index is 674. The van der Waals surface area contributed by atoms with Gasteiger partial charge in [0, 0.05) is 6.07 Å². The number of ether oxygens (including phenoxy) is 2. The summed E-state index contributed by atoms with van der Waals surface area (Å²) in [6.45, 7) is 1.83. The van der Waals surface area contributed by atoms with Crippen molar-refractivity contribution in [2.24, 2.45) is 0 Å². The largest absolute Gasteiger partial charge is 0.462 e. The van der Waals surface area contributed by atoms with Gasteiger partial charge in [0.25, 0.3) is 0 Å². The molecule has 0 spiro atoms. The number of hydrogen-bond acceptors (Lipinski definition) is 3. The van der Waals surface area contributed by atoms with Crippen LogP contribution in [0.25, 0.3) is 0 Å². The van der Waals surface area contributed by atoms with Crippen LogP contribution in [0.5, 0.6) is 11.5 Å². The lowest BCUT2D eigenvalue weighted by Gasteiger charge is -2.11. The fraction of sp³-hybridized carbons (Fsp3) is 0.133. The summed E-state index contributed by atoms with van der Waals surface area (Å²) in [5.74, 6) is -1.71. The average molecular weight is 313 g/mol. The van der Waals surface area contributed by atoms with Crippen LogP contribution in [0, 0.1) is 11.6 Å². The summed E-state index contributed by atoms with van der Waals surface area (Å²) in [6, 6.07) is 6.89. The first-order valence-electron chi connectivity index (χ1n) is 6.11. The monoisotopic (exact) mass is 312 g/mol. The number of halogens is 3. The smallest absolute Gasteiger partial charge is 0.341 e. The molecule has 2 aromatic rings. The second-order valence-corrected chi connectivity index (χ2v) is 4.44. The van der Waals surface area contributed by atoms with Crippen LogP contribution in [-0.4, -0.2) is 12.6 Å². The maximum absolute atomic E-state index is 13.3. The first kappa shape index (κ1) is 15.3. The minimum absolute atomic E-state index is 0.00840. The molecule has 0 heterocycles. The molecule has 0 fully saturated rings. The SMILES string of the molecule is CCOC(=O)c1ccc(F)cc1Oc1ccc(F)cc1Cl. The minimum Gasteiger partial charge on any atom is -0.462 e. The number of carbonyl (C=O) groups excluding carboxylic acids is 1. The summed E-state index contributed by atoms with van der Waals surface area (Å²) in [7, 11) is 0. The molecule has 0 radical (unpaired) electrons. The highest BCUT2D eigenvalue weighted by atomic mass is 35.5. The molecule has 0 bridgehead atoms. The van der Waals surface area contributed by atoms with Crippen LogP contribution < -0.4 is 4.74 Å². The van der Waals surface area contributed by atoms with Crippen LogP contribution in [0.4, 0.5) is 8.78 Å². The van der Waals surface area contributed by atoms with Crippen LogP contribution >= 0.6 is 11.6 Å². The quantitative estimate of drug-likeness (QED) is 0.775. The molecule has 2 rings (SSSR count). The van der Waals surface area contributed by atoms with Crippen molar-refractivity contribution >= 4 is 17.6 Å². The summed E-state index contributed by atoms with van der Waals surface area (Å²) < 4.78 is 36.6. The van der Waals surface area contributed by atoms with Gasteiger partial charge in [-0.1, -0.05) is 11.6 Å². The van der Waals surface area contributed by atoms with Crippen molar-refractivity contribution < 1.29 is 23.0 Å². The fourth-order valence-corrected chi connectivity index (χ4v) is 1.84. The Morgan fingerprint density at radius 2 is 1.76 bits per heavy atom. The molecule has 0 saturated carbocycles. The molecule has 3 nitrogen and oxygen atoms in total. The predicted molar refractivity (Wildman–Crippen MR) is 73.8 cm³/mol. The molecule has 6 heteroatoms. The molecule has 110 valence electrons. The van der Waals surface area contributed by atoms with Crippen LogP contribution in [0.3, 0.4) is 0 Å². The van der Waals surface area contributed by atoms with E-state index in [1.165, 1.54) is 12.1 Å². The van der Waals surface area contributed by atoms with Crippen molar-refractivity contribution in [3.8, 4) is 11.5 Å². The lowest BCUT2D eigenvalue weighted by atomic mass is 10.2. The Labute approximate surface area is 125 Å². The third-order valence-corrected chi connectivity index (χ3v) is 2.85. The summed E-state index contributed by atoms with van der Waals surface area (Å²) in [5, 5.41) is 0.00840. The van der Waals surface area contributed by atoms with Gasteiger partial charge in [-0.3, -0.25) is 0 Å². The zero-order valence-corrected chi connectivity index (χ0v) is 11.8. The standard InChI is InChI=1S/C15H11ClF2O3/c1-2-20-15(19)11-5-3-10(18)8-14(11)21-13-6-4-9(17)7-12(13)16/h3-8H,2H2,1H3. The normalized spacial score (nSPS) is 10.3. The summed E-state index contributed by atoms with van der Waals surface area (Å²) >= 11 is 5.84. The molecule has 0 atom stereocenters. The summed E-state index contributed by atoms with van der Waals surface area (Å²) in [6.07, 6.45) is 0. The third-order valence-electron chi connectivity index (χ3n) is 2.55. The number of esters is 1. The maximum atomic E-state index is 13.3. The van der Waals surface area contributed by atoms with Crippen LogP contribution in [-0.2, 0) is 4.74 Å². The van der Waals surface area contributed by atoms with Gasteiger partial charge in [-0.25, -0.2) is 13.6 Å². The molecule has 0 unspecified atom stereocenters. The molecular weight excluding hydrogens is 302 g/mol. The number of hydrogen-bond donors (Lipinski definition) is 0. The summed E-state index contributed by atoms with van der Waals surface area (Å²) in [5.41, 5.74) is 0.0543. The Morgan fingerprint density at radius 3 is 2.43 bits per heavy atom. The second-order valence-electron chi connectivity index (χ2n) is 4.04. The van der Waals surface area contributed by atoms with E-state index >= 15 is 0 Å². The topological polar surface area (TPSA) is 35.5 Å². The van der Waals surface area contributed by atoms with Crippen molar-refractivity contribution in [1.82, 2.24) is 0 Å². The van der Waals surface area contributed by atoms with Gasteiger partial charge in [0.15, 0.2) is 0 Å². The first-order valence-corrected chi connectivity index (χ1v) is 6.48. The van der Waals surface area contributed by atoms with Crippen LogP contribution in [0.1, 0.15) is 17.3 Å². The first-order chi connectivity index (χ1) is 10.0. The van der Waals surface area contributed by atoms with Gasteiger partial charge in [0.1, 0.15) is 28.7 Å². The number of benzene rings is 2. The molecule has 0 aliphatic carbocycles. The van der Waals surface area contributed by atoms with Crippen LogP contribution in [0.2, 0.25) is 5.02 Å². The van der Waals surface area contributed by atoms with Crippen molar-refractivity contribution in [3.05, 3.63) is 58.6 Å². The summed E-state index contributed by atoms with van der Waals surface area (Å²) in [4.78, 5) is 11.8.